The smallest absolute Gasteiger partial charge is 0.129 e. The van der Waals surface area contributed by atoms with Crippen LogP contribution in [-0.2, 0) is 0 Å². The molecule has 0 spiro atoms. The SMILES string of the molecule is Cc1cc(C(Br)c2cc(I)ccc2Br)cc(C)c1F. The van der Waals surface area contributed by atoms with Gasteiger partial charge in [0.2, 0.25) is 0 Å². The van der Waals surface area contributed by atoms with Crippen molar-refractivity contribution in [2.75, 3.05) is 0 Å². The van der Waals surface area contributed by atoms with Crippen molar-refractivity contribution < 1.29 is 4.39 Å². The number of alkyl halides is 1. The van der Waals surface area contributed by atoms with Crippen LogP contribution in [0.1, 0.15) is 27.1 Å². The molecule has 1 unspecified atom stereocenters. The molecule has 0 aliphatic carbocycles. The van der Waals surface area contributed by atoms with Gasteiger partial charge in [-0.05, 0) is 76.9 Å². The summed E-state index contributed by atoms with van der Waals surface area (Å²) in [7, 11) is 0. The molecule has 4 heteroatoms. The van der Waals surface area contributed by atoms with Gasteiger partial charge in [-0.2, -0.15) is 0 Å². The molecule has 1 atom stereocenters. The van der Waals surface area contributed by atoms with Crippen molar-refractivity contribution in [3.05, 3.63) is 66.4 Å². The zero-order valence-corrected chi connectivity index (χ0v) is 15.8. The maximum atomic E-state index is 13.7. The molecule has 0 saturated carbocycles. The molecule has 0 radical (unpaired) electrons. The van der Waals surface area contributed by atoms with Crippen molar-refractivity contribution in [2.24, 2.45) is 0 Å². The van der Waals surface area contributed by atoms with Gasteiger partial charge in [-0.25, -0.2) is 4.39 Å². The Bertz CT molecular complexity index is 603. The minimum absolute atomic E-state index is 0.0505. The monoisotopic (exact) mass is 496 g/mol. The Morgan fingerprint density at radius 2 is 1.68 bits per heavy atom. The predicted molar refractivity (Wildman–Crippen MR) is 93.5 cm³/mol. The van der Waals surface area contributed by atoms with E-state index in [0.717, 1.165) is 15.6 Å². The molecule has 2 aromatic carbocycles. The normalized spacial score (nSPS) is 12.5. The van der Waals surface area contributed by atoms with Crippen molar-refractivity contribution in [1.29, 1.82) is 0 Å². The van der Waals surface area contributed by atoms with Gasteiger partial charge < -0.3 is 0 Å². The summed E-state index contributed by atoms with van der Waals surface area (Å²) in [6.45, 7) is 3.60. The second-order valence-electron chi connectivity index (χ2n) is 4.50. The molecule has 0 aliphatic rings. The Labute approximate surface area is 143 Å². The van der Waals surface area contributed by atoms with Crippen LogP contribution in [0.2, 0.25) is 0 Å². The molecule has 100 valence electrons. The van der Waals surface area contributed by atoms with Crippen molar-refractivity contribution in [1.82, 2.24) is 0 Å². The molecular weight excluding hydrogens is 486 g/mol. The van der Waals surface area contributed by atoms with Crippen LogP contribution in [0.15, 0.2) is 34.8 Å². The number of hydrogen-bond acceptors (Lipinski definition) is 0. The predicted octanol–water partition coefficient (Wildman–Crippen LogP) is 6.29. The fourth-order valence-electron chi connectivity index (χ4n) is 2.01. The van der Waals surface area contributed by atoms with Gasteiger partial charge in [-0.3, -0.25) is 0 Å². The zero-order chi connectivity index (χ0) is 14.2. The van der Waals surface area contributed by atoms with Crippen LogP contribution in [0.25, 0.3) is 0 Å². The lowest BCUT2D eigenvalue weighted by molar-refractivity contribution is 0.608. The summed E-state index contributed by atoms with van der Waals surface area (Å²) >= 11 is 9.58. The van der Waals surface area contributed by atoms with E-state index in [4.69, 9.17) is 0 Å². The Morgan fingerprint density at radius 3 is 2.26 bits per heavy atom. The molecule has 0 heterocycles. The molecule has 0 aromatic heterocycles. The Hall–Kier alpha value is 0.0600. The van der Waals surface area contributed by atoms with Gasteiger partial charge in [0, 0.05) is 8.04 Å². The van der Waals surface area contributed by atoms with E-state index in [9.17, 15) is 4.39 Å². The van der Waals surface area contributed by atoms with Gasteiger partial charge in [0.15, 0.2) is 0 Å². The lowest BCUT2D eigenvalue weighted by atomic mass is 10.00. The molecule has 0 amide bonds. The minimum atomic E-state index is -0.120. The second-order valence-corrected chi connectivity index (χ2v) is 7.51. The molecule has 0 aliphatic heterocycles. The number of rotatable bonds is 2. The van der Waals surface area contributed by atoms with Gasteiger partial charge in [0.05, 0.1) is 4.83 Å². The highest BCUT2D eigenvalue weighted by Gasteiger charge is 2.16. The average molecular weight is 498 g/mol. The molecule has 0 nitrogen and oxygen atoms in total. The van der Waals surface area contributed by atoms with Gasteiger partial charge in [0.25, 0.3) is 0 Å². The summed E-state index contributed by atoms with van der Waals surface area (Å²) in [4.78, 5) is 0.0505. The highest BCUT2D eigenvalue weighted by Crippen LogP contribution is 2.37. The lowest BCUT2D eigenvalue weighted by Crippen LogP contribution is -1.98. The molecule has 2 rings (SSSR count). The molecular formula is C15H12Br2FI. The molecule has 19 heavy (non-hydrogen) atoms. The summed E-state index contributed by atoms with van der Waals surface area (Å²) in [5, 5.41) is 0. The first-order valence-electron chi connectivity index (χ1n) is 5.76. The first-order valence-corrected chi connectivity index (χ1v) is 8.54. The molecule has 0 saturated heterocycles. The fraction of sp³-hybridized carbons (Fsp3) is 0.200. The largest absolute Gasteiger partial charge is 0.206 e. The number of halogens is 4. The molecule has 0 fully saturated rings. The van der Waals surface area contributed by atoms with Crippen LogP contribution < -0.4 is 0 Å². The topological polar surface area (TPSA) is 0 Å². The summed E-state index contributed by atoms with van der Waals surface area (Å²) < 4.78 is 15.9. The van der Waals surface area contributed by atoms with Crippen molar-refractivity contribution >= 4 is 54.5 Å². The maximum Gasteiger partial charge on any atom is 0.129 e. The van der Waals surface area contributed by atoms with Crippen LogP contribution in [0.3, 0.4) is 0 Å². The standard InChI is InChI=1S/C15H12Br2FI/c1-8-5-10(6-9(2)15(8)18)14(17)12-7-11(19)3-4-13(12)16/h3-7,14H,1-2H3. The summed E-state index contributed by atoms with van der Waals surface area (Å²) in [6.07, 6.45) is 0. The van der Waals surface area contributed by atoms with Crippen LogP contribution in [0.5, 0.6) is 0 Å². The van der Waals surface area contributed by atoms with E-state index in [1.54, 1.807) is 13.8 Å². The molecule has 2 aromatic rings. The van der Waals surface area contributed by atoms with Crippen molar-refractivity contribution in [3.63, 3.8) is 0 Å². The first-order chi connectivity index (χ1) is 8.90. The maximum absolute atomic E-state index is 13.7. The summed E-state index contributed by atoms with van der Waals surface area (Å²) in [5.74, 6) is -0.120. The third-order valence-electron chi connectivity index (χ3n) is 2.98. The third-order valence-corrected chi connectivity index (χ3v) is 5.40. The second kappa shape index (κ2) is 6.22. The van der Waals surface area contributed by atoms with E-state index in [0.29, 0.717) is 11.1 Å². The van der Waals surface area contributed by atoms with E-state index >= 15 is 0 Å². The number of aryl methyl sites for hydroxylation is 2. The van der Waals surface area contributed by atoms with Crippen LogP contribution in [0, 0.1) is 23.2 Å². The van der Waals surface area contributed by atoms with E-state index in [-0.39, 0.29) is 10.6 Å². The quantitative estimate of drug-likeness (QED) is 0.338. The van der Waals surface area contributed by atoms with E-state index in [1.165, 1.54) is 3.57 Å². The van der Waals surface area contributed by atoms with Gasteiger partial charge in [-0.15, -0.1) is 0 Å². The number of benzene rings is 2. The average Bonchev–Trinajstić information content (AvgIpc) is 2.37. The third kappa shape index (κ3) is 3.39. The Kier molecular flexibility index (Phi) is 5.06. The highest BCUT2D eigenvalue weighted by atomic mass is 127. The van der Waals surface area contributed by atoms with Crippen molar-refractivity contribution in [3.8, 4) is 0 Å². The van der Waals surface area contributed by atoms with E-state index < -0.39 is 0 Å². The molecule has 0 bridgehead atoms. The van der Waals surface area contributed by atoms with Crippen LogP contribution in [0.4, 0.5) is 4.39 Å². The van der Waals surface area contributed by atoms with E-state index in [2.05, 4.69) is 66.6 Å². The van der Waals surface area contributed by atoms with E-state index in [1.807, 2.05) is 18.2 Å². The van der Waals surface area contributed by atoms with Crippen LogP contribution >= 0.6 is 54.5 Å². The van der Waals surface area contributed by atoms with Gasteiger partial charge >= 0.3 is 0 Å². The first kappa shape index (κ1) is 15.4. The van der Waals surface area contributed by atoms with Crippen molar-refractivity contribution in [2.45, 2.75) is 18.7 Å². The Morgan fingerprint density at radius 1 is 1.11 bits per heavy atom. The number of hydrogen-bond donors (Lipinski definition) is 0. The zero-order valence-electron chi connectivity index (χ0n) is 10.5. The molecule has 0 N–H and O–H groups in total. The Balaban J connectivity index is 2.49. The summed E-state index contributed by atoms with van der Waals surface area (Å²) in [6, 6.07) is 10.0. The fourth-order valence-corrected chi connectivity index (χ4v) is 3.96. The summed E-state index contributed by atoms with van der Waals surface area (Å²) in [5.41, 5.74) is 3.58. The lowest BCUT2D eigenvalue weighted by Gasteiger charge is -2.15. The van der Waals surface area contributed by atoms with Crippen LogP contribution in [-0.4, -0.2) is 0 Å². The minimum Gasteiger partial charge on any atom is -0.206 e. The van der Waals surface area contributed by atoms with Gasteiger partial charge in [0.1, 0.15) is 5.82 Å². The highest BCUT2D eigenvalue weighted by molar-refractivity contribution is 14.1. The van der Waals surface area contributed by atoms with Gasteiger partial charge in [-0.1, -0.05) is 44.0 Å².